The zero-order valence-corrected chi connectivity index (χ0v) is 25.4. The minimum Gasteiger partial charge on any atom is -0.354 e. The lowest BCUT2D eigenvalue weighted by Crippen LogP contribution is -2.52. The van der Waals surface area contributed by atoms with Crippen LogP contribution >= 0.6 is 11.6 Å². The Bertz CT molecular complexity index is 1450. The first-order chi connectivity index (χ1) is 19.5. The van der Waals surface area contributed by atoms with E-state index in [4.69, 9.17) is 11.6 Å². The molecule has 0 aliphatic heterocycles. The number of benzene rings is 3. The van der Waals surface area contributed by atoms with Crippen molar-refractivity contribution in [2.75, 3.05) is 17.4 Å². The fraction of sp³-hybridized carbons (Fsp3) is 0.355. The topological polar surface area (TPSA) is 86.8 Å². The number of aryl methyl sites for hydroxylation is 2. The monoisotopic (exact) mass is 601 g/mol. The Morgan fingerprint density at radius 2 is 1.63 bits per heavy atom. The number of rotatable bonds is 13. The highest BCUT2D eigenvalue weighted by Crippen LogP contribution is 2.29. The first-order valence-electron chi connectivity index (χ1n) is 13.6. The quantitative estimate of drug-likeness (QED) is 0.243. The van der Waals surface area contributed by atoms with Crippen molar-refractivity contribution in [2.45, 2.75) is 64.4 Å². The second-order valence-corrected chi connectivity index (χ2v) is 12.3. The van der Waals surface area contributed by atoms with E-state index in [1.165, 1.54) is 29.2 Å². The molecule has 0 saturated heterocycles. The van der Waals surface area contributed by atoms with E-state index in [9.17, 15) is 22.4 Å². The number of unbranched alkanes of at least 4 members (excludes halogenated alkanes) is 1. The van der Waals surface area contributed by atoms with Crippen molar-refractivity contribution in [1.29, 1.82) is 0 Å². The molecule has 0 fully saturated rings. The summed E-state index contributed by atoms with van der Waals surface area (Å²) in [6, 6.07) is 15.9. The molecule has 0 radical (unpaired) electrons. The van der Waals surface area contributed by atoms with Crippen LogP contribution in [0.5, 0.6) is 0 Å². The van der Waals surface area contributed by atoms with E-state index in [1.54, 1.807) is 56.3 Å². The predicted octanol–water partition coefficient (Wildman–Crippen LogP) is 6.01. The number of sulfonamides is 1. The molecule has 0 heterocycles. The maximum Gasteiger partial charge on any atom is 0.264 e. The summed E-state index contributed by atoms with van der Waals surface area (Å²) in [5.74, 6) is -1.33. The number of hydrogen-bond donors (Lipinski definition) is 1. The van der Waals surface area contributed by atoms with Gasteiger partial charge in [-0.25, -0.2) is 12.8 Å². The molecule has 3 aromatic carbocycles. The van der Waals surface area contributed by atoms with Gasteiger partial charge in [-0.15, -0.1) is 0 Å². The van der Waals surface area contributed by atoms with Gasteiger partial charge in [0.2, 0.25) is 11.8 Å². The van der Waals surface area contributed by atoms with Gasteiger partial charge in [0.1, 0.15) is 18.4 Å². The molecule has 1 unspecified atom stereocenters. The summed E-state index contributed by atoms with van der Waals surface area (Å²) in [7, 11) is -4.19. The number of nitrogens with zero attached hydrogens (tertiary/aromatic N) is 2. The van der Waals surface area contributed by atoms with Crippen molar-refractivity contribution in [3.8, 4) is 0 Å². The van der Waals surface area contributed by atoms with Crippen LogP contribution in [-0.2, 0) is 26.2 Å². The van der Waals surface area contributed by atoms with E-state index in [0.717, 1.165) is 22.7 Å². The first-order valence-corrected chi connectivity index (χ1v) is 15.5. The van der Waals surface area contributed by atoms with Crippen LogP contribution in [0.1, 0.15) is 49.8 Å². The molecule has 1 N–H and O–H groups in total. The Balaban J connectivity index is 2.06. The zero-order valence-electron chi connectivity index (χ0n) is 23.9. The number of nitrogens with one attached hydrogen (secondary N) is 1. The fourth-order valence-electron chi connectivity index (χ4n) is 4.46. The molecule has 2 amide bonds. The van der Waals surface area contributed by atoms with E-state index in [2.05, 4.69) is 5.32 Å². The minimum atomic E-state index is -4.19. The van der Waals surface area contributed by atoms with Gasteiger partial charge >= 0.3 is 0 Å². The summed E-state index contributed by atoms with van der Waals surface area (Å²) in [5.41, 5.74) is 2.36. The molecule has 0 aromatic heterocycles. The zero-order chi connectivity index (χ0) is 30.2. The summed E-state index contributed by atoms with van der Waals surface area (Å²) in [6.07, 6.45) is 1.98. The Morgan fingerprint density at radius 3 is 2.22 bits per heavy atom. The summed E-state index contributed by atoms with van der Waals surface area (Å²) >= 11 is 6.16. The summed E-state index contributed by atoms with van der Waals surface area (Å²) in [5, 5.41) is 3.32. The third kappa shape index (κ3) is 8.30. The van der Waals surface area contributed by atoms with E-state index in [0.29, 0.717) is 34.8 Å². The Morgan fingerprint density at radius 1 is 0.976 bits per heavy atom. The average molecular weight is 602 g/mol. The van der Waals surface area contributed by atoms with Crippen molar-refractivity contribution in [3.05, 3.63) is 94.3 Å². The van der Waals surface area contributed by atoms with Crippen molar-refractivity contribution >= 4 is 39.1 Å². The first kappa shape index (κ1) is 32.1. The highest BCUT2D eigenvalue weighted by atomic mass is 35.5. The molecule has 3 rings (SSSR count). The highest BCUT2D eigenvalue weighted by molar-refractivity contribution is 7.92. The Kier molecular flexibility index (Phi) is 11.3. The van der Waals surface area contributed by atoms with Crippen molar-refractivity contribution in [2.24, 2.45) is 0 Å². The van der Waals surface area contributed by atoms with E-state index < -0.39 is 34.3 Å². The fourth-order valence-corrected chi connectivity index (χ4v) is 6.17. The number of anilines is 1. The van der Waals surface area contributed by atoms with Gasteiger partial charge in [-0.05, 0) is 80.3 Å². The smallest absolute Gasteiger partial charge is 0.264 e. The third-order valence-electron chi connectivity index (χ3n) is 6.80. The SMILES string of the molecule is CCCCNC(=O)C(CC)N(Cc1ccc(F)cc1)C(=O)CN(c1ccc(Cl)cc1C)S(=O)(=O)c1ccc(C)cc1. The largest absolute Gasteiger partial charge is 0.354 e. The van der Waals surface area contributed by atoms with Crippen LogP contribution in [-0.4, -0.2) is 44.3 Å². The van der Waals surface area contributed by atoms with Crippen LogP contribution in [0.25, 0.3) is 0 Å². The molecule has 0 bridgehead atoms. The molecule has 220 valence electrons. The molecular weight excluding hydrogens is 565 g/mol. The van der Waals surface area contributed by atoms with Crippen LogP contribution in [0, 0.1) is 19.7 Å². The van der Waals surface area contributed by atoms with Gasteiger partial charge in [0.25, 0.3) is 10.0 Å². The van der Waals surface area contributed by atoms with Crippen LogP contribution in [0.3, 0.4) is 0 Å². The average Bonchev–Trinajstić information content (AvgIpc) is 2.93. The Labute approximate surface area is 247 Å². The Hall–Kier alpha value is -3.43. The second-order valence-electron chi connectivity index (χ2n) is 9.97. The standard InChI is InChI=1S/C31H37ClFN3O4S/c1-5-7-18-34-31(38)28(6-2)35(20-24-10-13-26(33)14-11-24)30(37)21-36(29-17-12-25(32)19-23(29)4)41(39,40)27-15-8-22(3)9-16-27/h8-17,19,28H,5-7,18,20-21H2,1-4H3,(H,34,38). The summed E-state index contributed by atoms with van der Waals surface area (Å²) in [4.78, 5) is 28.7. The van der Waals surface area contributed by atoms with Crippen LogP contribution in [0.4, 0.5) is 10.1 Å². The minimum absolute atomic E-state index is 0.00314. The lowest BCUT2D eigenvalue weighted by Gasteiger charge is -2.33. The normalized spacial score (nSPS) is 12.0. The number of carbonyl (C=O) groups is 2. The number of halogens is 2. The molecule has 0 aliphatic carbocycles. The van der Waals surface area contributed by atoms with Gasteiger partial charge in [0.05, 0.1) is 10.6 Å². The van der Waals surface area contributed by atoms with Crippen LogP contribution in [0.15, 0.2) is 71.6 Å². The third-order valence-corrected chi connectivity index (χ3v) is 8.81. The van der Waals surface area contributed by atoms with E-state index in [-0.39, 0.29) is 17.3 Å². The molecule has 7 nitrogen and oxygen atoms in total. The molecule has 1 atom stereocenters. The maximum atomic E-state index is 14.1. The molecule has 10 heteroatoms. The van der Waals surface area contributed by atoms with Gasteiger partial charge in [-0.1, -0.05) is 61.7 Å². The van der Waals surface area contributed by atoms with E-state index >= 15 is 0 Å². The summed E-state index contributed by atoms with van der Waals surface area (Å²) < 4.78 is 42.7. The van der Waals surface area contributed by atoms with E-state index in [1.807, 2.05) is 13.8 Å². The van der Waals surface area contributed by atoms with Crippen LogP contribution in [0.2, 0.25) is 5.02 Å². The highest BCUT2D eigenvalue weighted by Gasteiger charge is 2.34. The number of hydrogen-bond acceptors (Lipinski definition) is 4. The molecule has 0 saturated carbocycles. The van der Waals surface area contributed by atoms with Crippen molar-refractivity contribution in [1.82, 2.24) is 10.2 Å². The molecule has 41 heavy (non-hydrogen) atoms. The molecule has 0 aliphatic rings. The van der Waals surface area contributed by atoms with Crippen LogP contribution < -0.4 is 9.62 Å². The molecule has 0 spiro atoms. The summed E-state index contributed by atoms with van der Waals surface area (Å²) in [6.45, 7) is 7.27. The molecular formula is C31H37ClFN3O4S. The van der Waals surface area contributed by atoms with Crippen molar-refractivity contribution in [3.63, 3.8) is 0 Å². The number of carbonyl (C=O) groups excluding carboxylic acids is 2. The van der Waals surface area contributed by atoms with Gasteiger partial charge in [-0.3, -0.25) is 13.9 Å². The maximum absolute atomic E-state index is 14.1. The second kappa shape index (κ2) is 14.5. The lowest BCUT2D eigenvalue weighted by molar-refractivity contribution is -0.140. The molecule has 3 aromatic rings. The van der Waals surface area contributed by atoms with Gasteiger partial charge in [0, 0.05) is 18.1 Å². The van der Waals surface area contributed by atoms with Gasteiger partial charge < -0.3 is 10.2 Å². The van der Waals surface area contributed by atoms with Gasteiger partial charge in [0.15, 0.2) is 0 Å². The lowest BCUT2D eigenvalue weighted by atomic mass is 10.1. The van der Waals surface area contributed by atoms with Gasteiger partial charge in [-0.2, -0.15) is 0 Å². The number of amides is 2. The van der Waals surface area contributed by atoms with Crippen molar-refractivity contribution < 1.29 is 22.4 Å². The predicted molar refractivity (Wildman–Crippen MR) is 161 cm³/mol.